The van der Waals surface area contributed by atoms with Gasteiger partial charge in [0.25, 0.3) is 0 Å². The molecule has 1 aromatic carbocycles. The molecule has 2 N–H and O–H groups in total. The van der Waals surface area contributed by atoms with Gasteiger partial charge in [-0.15, -0.1) is 0 Å². The fraction of sp³-hybridized carbons (Fsp3) is 0.385. The number of nitrogens with one attached hydrogen (secondary N) is 1. The van der Waals surface area contributed by atoms with Crippen LogP contribution in [0.3, 0.4) is 0 Å². The van der Waals surface area contributed by atoms with Crippen molar-refractivity contribution in [2.24, 2.45) is 0 Å². The van der Waals surface area contributed by atoms with Crippen LogP contribution in [0.25, 0.3) is 0 Å². The maximum Gasteiger partial charge on any atom is 0.412 e. The van der Waals surface area contributed by atoms with E-state index in [1.807, 2.05) is 0 Å². The number of ether oxygens (including phenoxy) is 2. The normalized spacial score (nSPS) is 11.0. The molecule has 0 aromatic heterocycles. The van der Waals surface area contributed by atoms with Crippen LogP contribution >= 0.6 is 0 Å². The van der Waals surface area contributed by atoms with Gasteiger partial charge in [-0.2, -0.15) is 4.39 Å². The molecular formula is C13H14F3NO5. The first-order valence-corrected chi connectivity index (χ1v) is 5.97. The van der Waals surface area contributed by atoms with Crippen LogP contribution in [0.5, 0.6) is 5.75 Å². The topological polar surface area (TPSA) is 84.9 Å². The average Bonchev–Trinajstić information content (AvgIpc) is 2.33. The summed E-state index contributed by atoms with van der Waals surface area (Å²) >= 11 is 0. The van der Waals surface area contributed by atoms with E-state index in [9.17, 15) is 22.8 Å². The Bertz CT molecular complexity index is 625. The number of carbonyl (C=O) groups is 2. The zero-order chi connectivity index (χ0) is 17.2. The first-order valence-electron chi connectivity index (χ1n) is 5.97. The molecule has 0 saturated heterocycles. The molecule has 0 saturated carbocycles. The molecular weight excluding hydrogens is 307 g/mol. The number of benzene rings is 1. The molecule has 1 aromatic rings. The molecule has 0 fully saturated rings. The molecule has 1 rings (SSSR count). The molecule has 0 unspecified atom stereocenters. The second-order valence-corrected chi connectivity index (χ2v) is 5.16. The fourth-order valence-corrected chi connectivity index (χ4v) is 1.54. The van der Waals surface area contributed by atoms with Gasteiger partial charge in [-0.1, -0.05) is 0 Å². The van der Waals surface area contributed by atoms with E-state index in [4.69, 9.17) is 9.84 Å². The van der Waals surface area contributed by atoms with Crippen molar-refractivity contribution in [3.05, 3.63) is 23.0 Å². The lowest BCUT2D eigenvalue weighted by Crippen LogP contribution is -2.28. The maximum atomic E-state index is 13.9. The van der Waals surface area contributed by atoms with Gasteiger partial charge in [0, 0.05) is 0 Å². The second-order valence-electron chi connectivity index (χ2n) is 5.16. The van der Waals surface area contributed by atoms with Crippen molar-refractivity contribution in [2.45, 2.75) is 26.4 Å². The van der Waals surface area contributed by atoms with Crippen molar-refractivity contribution in [3.63, 3.8) is 0 Å². The summed E-state index contributed by atoms with van der Waals surface area (Å²) in [6.45, 7) is 4.49. The molecule has 0 aliphatic heterocycles. The largest absolute Gasteiger partial charge is 0.491 e. The van der Waals surface area contributed by atoms with E-state index in [-0.39, 0.29) is 0 Å². The Kier molecular flexibility index (Phi) is 4.90. The first kappa shape index (κ1) is 17.6. The van der Waals surface area contributed by atoms with Gasteiger partial charge in [-0.3, -0.25) is 5.32 Å². The number of halogens is 3. The summed E-state index contributed by atoms with van der Waals surface area (Å²) in [4.78, 5) is 22.6. The van der Waals surface area contributed by atoms with Gasteiger partial charge in [0.15, 0.2) is 17.4 Å². The zero-order valence-electron chi connectivity index (χ0n) is 12.2. The Balaban J connectivity index is 3.41. The fourth-order valence-electron chi connectivity index (χ4n) is 1.54. The van der Waals surface area contributed by atoms with E-state index in [1.165, 1.54) is 20.8 Å². The third-order valence-corrected chi connectivity index (χ3v) is 2.32. The molecule has 6 nitrogen and oxygen atoms in total. The lowest BCUT2D eigenvalue weighted by atomic mass is 10.1. The Morgan fingerprint density at radius 1 is 1.09 bits per heavy atom. The summed E-state index contributed by atoms with van der Waals surface area (Å²) in [6, 6.07) is 0. The van der Waals surface area contributed by atoms with Crippen LogP contribution in [0, 0.1) is 17.5 Å². The highest BCUT2D eigenvalue weighted by Gasteiger charge is 2.31. The van der Waals surface area contributed by atoms with E-state index in [1.54, 1.807) is 5.32 Å². The summed E-state index contributed by atoms with van der Waals surface area (Å²) in [5.41, 5.74) is -3.44. The molecule has 0 aliphatic rings. The van der Waals surface area contributed by atoms with Crippen molar-refractivity contribution in [1.82, 2.24) is 0 Å². The van der Waals surface area contributed by atoms with Crippen LogP contribution in [-0.4, -0.2) is 29.9 Å². The molecule has 22 heavy (non-hydrogen) atoms. The summed E-state index contributed by atoms with van der Waals surface area (Å²) in [5, 5.41) is 10.6. The van der Waals surface area contributed by atoms with Crippen LogP contribution in [0.2, 0.25) is 0 Å². The number of carbonyl (C=O) groups excluding carboxylic acids is 1. The van der Waals surface area contributed by atoms with Crippen LogP contribution in [0.1, 0.15) is 31.1 Å². The van der Waals surface area contributed by atoms with Crippen molar-refractivity contribution in [3.8, 4) is 5.75 Å². The number of carboxylic acids is 1. The number of hydrogen-bond donors (Lipinski definition) is 2. The molecule has 0 aliphatic carbocycles. The van der Waals surface area contributed by atoms with Gasteiger partial charge in [-0.05, 0) is 20.8 Å². The number of methoxy groups -OCH3 is 1. The number of hydrogen-bond acceptors (Lipinski definition) is 4. The molecule has 0 spiro atoms. The van der Waals surface area contributed by atoms with Gasteiger partial charge < -0.3 is 14.6 Å². The van der Waals surface area contributed by atoms with Crippen LogP contribution in [-0.2, 0) is 4.74 Å². The predicted octanol–water partition coefficient (Wildman–Crippen LogP) is 3.16. The average molecular weight is 321 g/mol. The Morgan fingerprint density at radius 2 is 1.64 bits per heavy atom. The third kappa shape index (κ3) is 3.60. The Labute approximate surface area is 123 Å². The Hall–Kier alpha value is -2.45. The quantitative estimate of drug-likeness (QED) is 0.835. The van der Waals surface area contributed by atoms with Gasteiger partial charge in [-0.25, -0.2) is 18.4 Å². The molecule has 1 amide bonds. The van der Waals surface area contributed by atoms with Crippen LogP contribution in [0.4, 0.5) is 23.7 Å². The lowest BCUT2D eigenvalue weighted by Gasteiger charge is -2.20. The molecule has 0 heterocycles. The predicted molar refractivity (Wildman–Crippen MR) is 69.7 cm³/mol. The van der Waals surface area contributed by atoms with Gasteiger partial charge in [0.2, 0.25) is 5.82 Å². The lowest BCUT2D eigenvalue weighted by molar-refractivity contribution is 0.0635. The standard InChI is InChI=1S/C13H14F3NO5/c1-13(2,3)22-12(20)17-9-5(11(18)19)6(14)10(21-4)8(16)7(9)15/h1-4H3,(H,17,20)(H,18,19). The minimum atomic E-state index is -1.92. The number of anilines is 1. The summed E-state index contributed by atoms with van der Waals surface area (Å²) in [6.07, 6.45) is -1.27. The highest BCUT2D eigenvalue weighted by molar-refractivity contribution is 5.99. The summed E-state index contributed by atoms with van der Waals surface area (Å²) in [5.74, 6) is -8.32. The van der Waals surface area contributed by atoms with Gasteiger partial charge in [0.05, 0.1) is 7.11 Å². The van der Waals surface area contributed by atoms with E-state index in [0.717, 1.165) is 7.11 Å². The maximum absolute atomic E-state index is 13.9. The number of carboxylic acid groups (broad SMARTS) is 1. The van der Waals surface area contributed by atoms with Crippen molar-refractivity contribution in [1.29, 1.82) is 0 Å². The molecule has 0 bridgehead atoms. The molecule has 122 valence electrons. The number of aromatic carboxylic acids is 1. The van der Waals surface area contributed by atoms with Gasteiger partial charge >= 0.3 is 12.1 Å². The minimum absolute atomic E-state index is 0.841. The van der Waals surface area contributed by atoms with Gasteiger partial charge in [0.1, 0.15) is 16.9 Å². The van der Waals surface area contributed by atoms with Crippen molar-refractivity contribution in [2.75, 3.05) is 12.4 Å². The van der Waals surface area contributed by atoms with Crippen LogP contribution in [0.15, 0.2) is 0 Å². The number of rotatable bonds is 3. The van der Waals surface area contributed by atoms with Crippen molar-refractivity contribution < 1.29 is 37.3 Å². The highest BCUT2D eigenvalue weighted by Crippen LogP contribution is 2.34. The van der Waals surface area contributed by atoms with E-state index in [2.05, 4.69) is 4.74 Å². The summed E-state index contributed by atoms with van der Waals surface area (Å²) in [7, 11) is 0.841. The molecule has 0 atom stereocenters. The Morgan fingerprint density at radius 3 is 2.05 bits per heavy atom. The number of amides is 1. The monoisotopic (exact) mass is 321 g/mol. The minimum Gasteiger partial charge on any atom is -0.491 e. The molecule has 9 heteroatoms. The molecule has 0 radical (unpaired) electrons. The summed E-state index contributed by atoms with van der Waals surface area (Å²) < 4.78 is 50.5. The van der Waals surface area contributed by atoms with E-state index < -0.39 is 52.1 Å². The SMILES string of the molecule is COc1c(F)c(F)c(NC(=O)OC(C)(C)C)c(C(=O)O)c1F. The second kappa shape index (κ2) is 6.12. The van der Waals surface area contributed by atoms with Crippen molar-refractivity contribution >= 4 is 17.7 Å². The third-order valence-electron chi connectivity index (χ3n) is 2.32. The highest BCUT2D eigenvalue weighted by atomic mass is 19.2. The van der Waals surface area contributed by atoms with E-state index >= 15 is 0 Å². The van der Waals surface area contributed by atoms with E-state index in [0.29, 0.717) is 0 Å². The van der Waals surface area contributed by atoms with Crippen LogP contribution < -0.4 is 10.1 Å². The zero-order valence-corrected chi connectivity index (χ0v) is 12.2. The smallest absolute Gasteiger partial charge is 0.412 e. The first-order chi connectivity index (χ1) is 9.99.